The van der Waals surface area contributed by atoms with Gasteiger partial charge in [0.25, 0.3) is 5.91 Å². The molecule has 0 radical (unpaired) electrons. The topological polar surface area (TPSA) is 85.8 Å². The van der Waals surface area contributed by atoms with Crippen molar-refractivity contribution in [1.29, 1.82) is 0 Å². The number of aromatic nitrogens is 3. The summed E-state index contributed by atoms with van der Waals surface area (Å²) >= 11 is 6.01. The lowest BCUT2D eigenvalue weighted by molar-refractivity contribution is 0.102. The summed E-state index contributed by atoms with van der Waals surface area (Å²) in [7, 11) is 0. The molecule has 1 amide bonds. The Morgan fingerprint density at radius 1 is 1.53 bits per heavy atom. The Kier molecular flexibility index (Phi) is 4.13. The number of nitrogens with two attached hydrogens (primary N) is 1. The number of amides is 1. The summed E-state index contributed by atoms with van der Waals surface area (Å²) in [6.07, 6.45) is 1.55. The van der Waals surface area contributed by atoms with E-state index in [9.17, 15) is 4.79 Å². The monoisotopic (exact) mass is 279 g/mol. The van der Waals surface area contributed by atoms with Crippen molar-refractivity contribution in [3.8, 4) is 0 Å². The molecule has 7 heteroatoms. The molecule has 1 aromatic heterocycles. The second-order valence-electron chi connectivity index (χ2n) is 4.09. The number of aryl methyl sites for hydroxylation is 1. The maximum absolute atomic E-state index is 12.0. The standard InChI is InChI=1S/C12H14ClN5O/c1-8-2-3-9(13)10(6-8)15-12(19)11-7-18(5-4-14)17-16-11/h2-3,6-7H,4-5,14H2,1H3,(H,15,19). The van der Waals surface area contributed by atoms with Gasteiger partial charge >= 0.3 is 0 Å². The fourth-order valence-corrected chi connectivity index (χ4v) is 1.73. The van der Waals surface area contributed by atoms with Gasteiger partial charge in [-0.15, -0.1) is 5.10 Å². The Labute approximate surface area is 115 Å². The SMILES string of the molecule is Cc1ccc(Cl)c(NC(=O)c2cn(CCN)nn2)c1. The maximum Gasteiger partial charge on any atom is 0.277 e. The molecular formula is C12H14ClN5O. The maximum atomic E-state index is 12.0. The van der Waals surface area contributed by atoms with Gasteiger partial charge in [-0.25, -0.2) is 0 Å². The van der Waals surface area contributed by atoms with Crippen LogP contribution in [0.4, 0.5) is 5.69 Å². The molecule has 3 N–H and O–H groups in total. The molecular weight excluding hydrogens is 266 g/mol. The lowest BCUT2D eigenvalue weighted by Crippen LogP contribution is -2.13. The molecule has 1 heterocycles. The first kappa shape index (κ1) is 13.5. The molecule has 0 unspecified atom stereocenters. The summed E-state index contributed by atoms with van der Waals surface area (Å²) in [6.45, 7) is 2.88. The second kappa shape index (κ2) is 5.81. The lowest BCUT2D eigenvalue weighted by atomic mass is 10.2. The fraction of sp³-hybridized carbons (Fsp3) is 0.250. The summed E-state index contributed by atoms with van der Waals surface area (Å²) in [5, 5.41) is 10.8. The number of benzene rings is 1. The number of rotatable bonds is 4. The molecule has 0 aliphatic rings. The van der Waals surface area contributed by atoms with E-state index >= 15 is 0 Å². The minimum Gasteiger partial charge on any atom is -0.329 e. The molecule has 0 fully saturated rings. The van der Waals surface area contributed by atoms with Crippen molar-refractivity contribution < 1.29 is 4.79 Å². The molecule has 0 bridgehead atoms. The molecule has 2 rings (SSSR count). The number of hydrogen-bond acceptors (Lipinski definition) is 4. The molecule has 0 saturated heterocycles. The number of nitrogens with one attached hydrogen (secondary N) is 1. The molecule has 0 saturated carbocycles. The third-order valence-corrected chi connectivity index (χ3v) is 2.83. The third kappa shape index (κ3) is 3.30. The Balaban J connectivity index is 2.13. The number of halogens is 1. The van der Waals surface area contributed by atoms with Gasteiger partial charge in [0.15, 0.2) is 5.69 Å². The number of hydrogen-bond donors (Lipinski definition) is 2. The number of carbonyl (C=O) groups excluding carboxylic acids is 1. The van der Waals surface area contributed by atoms with Crippen LogP contribution >= 0.6 is 11.6 Å². The smallest absolute Gasteiger partial charge is 0.277 e. The predicted octanol–water partition coefficient (Wildman–Crippen LogP) is 1.45. The zero-order chi connectivity index (χ0) is 13.8. The first-order valence-electron chi connectivity index (χ1n) is 5.78. The summed E-state index contributed by atoms with van der Waals surface area (Å²) in [5.74, 6) is -0.351. The van der Waals surface area contributed by atoms with Crippen LogP contribution in [0.15, 0.2) is 24.4 Å². The number of anilines is 1. The molecule has 19 heavy (non-hydrogen) atoms. The van der Waals surface area contributed by atoms with Crippen LogP contribution in [-0.2, 0) is 6.54 Å². The van der Waals surface area contributed by atoms with Crippen molar-refractivity contribution in [3.05, 3.63) is 40.7 Å². The first-order valence-corrected chi connectivity index (χ1v) is 6.15. The van der Waals surface area contributed by atoms with Gasteiger partial charge < -0.3 is 11.1 Å². The Bertz CT molecular complexity index is 596. The van der Waals surface area contributed by atoms with Gasteiger partial charge in [-0.1, -0.05) is 22.9 Å². The van der Waals surface area contributed by atoms with Gasteiger partial charge in [-0.05, 0) is 24.6 Å². The lowest BCUT2D eigenvalue weighted by Gasteiger charge is -2.06. The van der Waals surface area contributed by atoms with E-state index in [4.69, 9.17) is 17.3 Å². The first-order chi connectivity index (χ1) is 9.10. The molecule has 1 aromatic carbocycles. The highest BCUT2D eigenvalue weighted by molar-refractivity contribution is 6.33. The van der Waals surface area contributed by atoms with Crippen molar-refractivity contribution >= 4 is 23.2 Å². The van der Waals surface area contributed by atoms with E-state index in [0.717, 1.165) is 5.56 Å². The van der Waals surface area contributed by atoms with Crippen LogP contribution in [0.5, 0.6) is 0 Å². The van der Waals surface area contributed by atoms with Gasteiger partial charge in [0.1, 0.15) is 0 Å². The van der Waals surface area contributed by atoms with Gasteiger partial charge in [0.05, 0.1) is 23.5 Å². The highest BCUT2D eigenvalue weighted by atomic mass is 35.5. The van der Waals surface area contributed by atoms with Crippen LogP contribution in [0.1, 0.15) is 16.1 Å². The summed E-state index contributed by atoms with van der Waals surface area (Å²) in [4.78, 5) is 12.0. The van der Waals surface area contributed by atoms with E-state index in [2.05, 4.69) is 15.6 Å². The van der Waals surface area contributed by atoms with Crippen molar-refractivity contribution in [1.82, 2.24) is 15.0 Å². The van der Waals surface area contributed by atoms with E-state index in [0.29, 0.717) is 23.8 Å². The predicted molar refractivity (Wildman–Crippen MR) is 73.2 cm³/mol. The quantitative estimate of drug-likeness (QED) is 0.887. The van der Waals surface area contributed by atoms with Gasteiger partial charge in [-0.3, -0.25) is 9.48 Å². The van der Waals surface area contributed by atoms with Crippen LogP contribution in [0.3, 0.4) is 0 Å². The van der Waals surface area contributed by atoms with E-state index in [-0.39, 0.29) is 11.6 Å². The average Bonchev–Trinajstić information content (AvgIpc) is 2.83. The van der Waals surface area contributed by atoms with Crippen molar-refractivity contribution in [2.45, 2.75) is 13.5 Å². The van der Waals surface area contributed by atoms with Crippen LogP contribution in [0, 0.1) is 6.92 Å². The molecule has 0 aliphatic carbocycles. The van der Waals surface area contributed by atoms with Crippen LogP contribution in [-0.4, -0.2) is 27.4 Å². The zero-order valence-electron chi connectivity index (χ0n) is 10.4. The van der Waals surface area contributed by atoms with Gasteiger partial charge in [0, 0.05) is 6.54 Å². The molecule has 2 aromatic rings. The molecule has 0 spiro atoms. The van der Waals surface area contributed by atoms with Gasteiger partial charge in [0.2, 0.25) is 0 Å². The minimum atomic E-state index is -0.351. The summed E-state index contributed by atoms with van der Waals surface area (Å²) in [6, 6.07) is 5.40. The van der Waals surface area contributed by atoms with E-state index in [1.807, 2.05) is 13.0 Å². The molecule has 100 valence electrons. The van der Waals surface area contributed by atoms with Crippen molar-refractivity contribution in [3.63, 3.8) is 0 Å². The average molecular weight is 280 g/mol. The Morgan fingerprint density at radius 3 is 3.05 bits per heavy atom. The van der Waals surface area contributed by atoms with Crippen LogP contribution in [0.2, 0.25) is 5.02 Å². The zero-order valence-corrected chi connectivity index (χ0v) is 11.2. The summed E-state index contributed by atoms with van der Waals surface area (Å²) in [5.41, 5.74) is 7.19. The number of nitrogens with zero attached hydrogens (tertiary/aromatic N) is 3. The van der Waals surface area contributed by atoms with E-state index < -0.39 is 0 Å². The highest BCUT2D eigenvalue weighted by Gasteiger charge is 2.12. The largest absolute Gasteiger partial charge is 0.329 e. The normalized spacial score (nSPS) is 10.5. The fourth-order valence-electron chi connectivity index (χ4n) is 1.57. The minimum absolute atomic E-state index is 0.228. The molecule has 0 atom stereocenters. The Morgan fingerprint density at radius 2 is 2.32 bits per heavy atom. The van der Waals surface area contributed by atoms with Crippen molar-refractivity contribution in [2.75, 3.05) is 11.9 Å². The molecule has 6 nitrogen and oxygen atoms in total. The Hall–Kier alpha value is -1.92. The number of carbonyl (C=O) groups is 1. The highest BCUT2D eigenvalue weighted by Crippen LogP contribution is 2.23. The third-order valence-electron chi connectivity index (χ3n) is 2.50. The second-order valence-corrected chi connectivity index (χ2v) is 4.50. The van der Waals surface area contributed by atoms with E-state index in [1.54, 1.807) is 18.3 Å². The van der Waals surface area contributed by atoms with Crippen LogP contribution in [0.25, 0.3) is 0 Å². The van der Waals surface area contributed by atoms with Gasteiger partial charge in [-0.2, -0.15) is 0 Å². The van der Waals surface area contributed by atoms with E-state index in [1.165, 1.54) is 4.68 Å². The van der Waals surface area contributed by atoms with Crippen LogP contribution < -0.4 is 11.1 Å². The molecule has 0 aliphatic heterocycles. The van der Waals surface area contributed by atoms with Crippen molar-refractivity contribution in [2.24, 2.45) is 5.73 Å². The summed E-state index contributed by atoms with van der Waals surface area (Å²) < 4.78 is 1.52.